The maximum absolute atomic E-state index is 6.58. The molecular formula is C22H28ClNO. The summed E-state index contributed by atoms with van der Waals surface area (Å²) < 4.78 is 6.58. The maximum atomic E-state index is 6.58. The Morgan fingerprint density at radius 3 is 2.08 bits per heavy atom. The van der Waals surface area contributed by atoms with Gasteiger partial charge in [-0.15, -0.1) is 12.4 Å². The van der Waals surface area contributed by atoms with Gasteiger partial charge >= 0.3 is 0 Å². The zero-order valence-electron chi connectivity index (χ0n) is 14.8. The van der Waals surface area contributed by atoms with Gasteiger partial charge in [0.05, 0.1) is 12.2 Å². The van der Waals surface area contributed by atoms with E-state index in [1.54, 1.807) is 0 Å². The van der Waals surface area contributed by atoms with E-state index in [0.717, 1.165) is 31.8 Å². The minimum absolute atomic E-state index is 0. The van der Waals surface area contributed by atoms with E-state index in [-0.39, 0.29) is 18.0 Å². The van der Waals surface area contributed by atoms with Gasteiger partial charge in [0.25, 0.3) is 0 Å². The molecule has 1 aliphatic carbocycles. The molecule has 2 aliphatic rings. The number of piperidine rings is 1. The van der Waals surface area contributed by atoms with Crippen LogP contribution in [-0.2, 0) is 16.9 Å². The molecule has 1 heterocycles. The predicted molar refractivity (Wildman–Crippen MR) is 105 cm³/mol. The largest absolute Gasteiger partial charge is 0.366 e. The first-order valence-corrected chi connectivity index (χ1v) is 9.30. The molecule has 0 bridgehead atoms. The fourth-order valence-electron chi connectivity index (χ4n) is 3.82. The van der Waals surface area contributed by atoms with Crippen molar-refractivity contribution in [3.05, 3.63) is 71.8 Å². The van der Waals surface area contributed by atoms with Crippen LogP contribution >= 0.6 is 12.4 Å². The summed E-state index contributed by atoms with van der Waals surface area (Å²) in [6.07, 6.45) is 5.06. The Bertz CT molecular complexity index is 634. The van der Waals surface area contributed by atoms with Crippen LogP contribution in [-0.4, -0.2) is 24.5 Å². The molecule has 0 amide bonds. The van der Waals surface area contributed by atoms with Crippen molar-refractivity contribution in [3.8, 4) is 0 Å². The van der Waals surface area contributed by atoms with Crippen LogP contribution in [0.5, 0.6) is 0 Å². The minimum Gasteiger partial charge on any atom is -0.366 e. The van der Waals surface area contributed by atoms with Crippen LogP contribution in [0.25, 0.3) is 0 Å². The fraction of sp³-hybridized carbons (Fsp3) is 0.455. The Hall–Kier alpha value is -1.35. The first-order chi connectivity index (χ1) is 11.8. The second-order valence-electron chi connectivity index (χ2n) is 7.38. The Morgan fingerprint density at radius 2 is 1.48 bits per heavy atom. The average Bonchev–Trinajstić information content (AvgIpc) is 3.47. The second-order valence-corrected chi connectivity index (χ2v) is 7.38. The normalized spacial score (nSPS) is 20.0. The third-order valence-electron chi connectivity index (χ3n) is 5.53. The molecular weight excluding hydrogens is 330 g/mol. The van der Waals surface area contributed by atoms with Gasteiger partial charge in [0.2, 0.25) is 0 Å². The molecule has 1 aliphatic heterocycles. The van der Waals surface area contributed by atoms with Crippen molar-refractivity contribution in [2.24, 2.45) is 5.92 Å². The van der Waals surface area contributed by atoms with Crippen molar-refractivity contribution in [1.82, 2.24) is 4.90 Å². The number of nitrogens with zero attached hydrogens (tertiary/aromatic N) is 1. The van der Waals surface area contributed by atoms with Gasteiger partial charge in [-0.2, -0.15) is 0 Å². The van der Waals surface area contributed by atoms with Crippen LogP contribution in [0.4, 0.5) is 0 Å². The maximum Gasteiger partial charge on any atom is 0.0960 e. The van der Waals surface area contributed by atoms with Crippen molar-refractivity contribution in [2.75, 3.05) is 19.6 Å². The van der Waals surface area contributed by atoms with E-state index in [4.69, 9.17) is 4.74 Å². The van der Waals surface area contributed by atoms with E-state index in [0.29, 0.717) is 6.61 Å². The quantitative estimate of drug-likeness (QED) is 0.719. The van der Waals surface area contributed by atoms with Gasteiger partial charge in [-0.25, -0.2) is 0 Å². The highest BCUT2D eigenvalue weighted by Crippen LogP contribution is 2.39. The zero-order chi connectivity index (χ0) is 16.2. The molecule has 2 nitrogen and oxygen atoms in total. The van der Waals surface area contributed by atoms with Crippen molar-refractivity contribution < 1.29 is 4.74 Å². The monoisotopic (exact) mass is 357 g/mol. The molecule has 0 N–H and O–H groups in total. The Labute approximate surface area is 157 Å². The molecule has 2 fully saturated rings. The SMILES string of the molecule is Cl.c1ccc(COC2(c3ccccc3)CCN(CC3CC3)CC2)cc1. The predicted octanol–water partition coefficient (Wildman–Crippen LogP) is 5.03. The molecule has 4 rings (SSSR count). The lowest BCUT2D eigenvalue weighted by Crippen LogP contribution is -2.44. The summed E-state index contributed by atoms with van der Waals surface area (Å²) in [6, 6.07) is 21.4. The van der Waals surface area contributed by atoms with E-state index in [1.165, 1.54) is 30.5 Å². The Balaban J connectivity index is 0.00000182. The number of halogens is 1. The summed E-state index contributed by atoms with van der Waals surface area (Å²) >= 11 is 0. The summed E-state index contributed by atoms with van der Waals surface area (Å²) in [5, 5.41) is 0. The summed E-state index contributed by atoms with van der Waals surface area (Å²) in [5.41, 5.74) is 2.47. The topological polar surface area (TPSA) is 12.5 Å². The summed E-state index contributed by atoms with van der Waals surface area (Å²) in [6.45, 7) is 4.29. The molecule has 0 radical (unpaired) electrons. The van der Waals surface area contributed by atoms with Crippen molar-refractivity contribution in [3.63, 3.8) is 0 Å². The molecule has 2 aromatic carbocycles. The number of benzene rings is 2. The van der Waals surface area contributed by atoms with Crippen LogP contribution in [0.3, 0.4) is 0 Å². The smallest absolute Gasteiger partial charge is 0.0960 e. The summed E-state index contributed by atoms with van der Waals surface area (Å²) in [7, 11) is 0. The minimum atomic E-state index is -0.128. The third kappa shape index (κ3) is 4.63. The summed E-state index contributed by atoms with van der Waals surface area (Å²) in [5.74, 6) is 0.972. The van der Waals surface area contributed by atoms with Crippen LogP contribution in [0.1, 0.15) is 36.8 Å². The highest BCUT2D eigenvalue weighted by Gasteiger charge is 2.38. The number of rotatable bonds is 6. The van der Waals surface area contributed by atoms with Crippen molar-refractivity contribution in [1.29, 1.82) is 0 Å². The van der Waals surface area contributed by atoms with Gasteiger partial charge < -0.3 is 9.64 Å². The van der Waals surface area contributed by atoms with Gasteiger partial charge in [-0.3, -0.25) is 0 Å². The standard InChI is InChI=1S/C22H27NO.ClH/c1-3-7-20(8-4-1)18-24-22(21-9-5-2-6-10-21)13-15-23(16-14-22)17-19-11-12-19;/h1-10,19H,11-18H2;1H. The van der Waals surface area contributed by atoms with Crippen LogP contribution in [0.2, 0.25) is 0 Å². The van der Waals surface area contributed by atoms with E-state index in [2.05, 4.69) is 65.6 Å². The first kappa shape index (κ1) is 18.4. The molecule has 25 heavy (non-hydrogen) atoms. The van der Waals surface area contributed by atoms with Crippen LogP contribution in [0.15, 0.2) is 60.7 Å². The van der Waals surface area contributed by atoms with E-state index >= 15 is 0 Å². The number of ether oxygens (including phenoxy) is 1. The number of likely N-dealkylation sites (tertiary alicyclic amines) is 1. The Kier molecular flexibility index (Phi) is 6.16. The average molecular weight is 358 g/mol. The van der Waals surface area contributed by atoms with Crippen LogP contribution < -0.4 is 0 Å². The second kappa shape index (κ2) is 8.35. The van der Waals surface area contributed by atoms with E-state index in [1.807, 2.05) is 0 Å². The highest BCUT2D eigenvalue weighted by atomic mass is 35.5. The molecule has 1 saturated heterocycles. The van der Waals surface area contributed by atoms with Gasteiger partial charge in [-0.05, 0) is 42.7 Å². The lowest BCUT2D eigenvalue weighted by Gasteiger charge is -2.42. The number of hydrogen-bond donors (Lipinski definition) is 0. The number of hydrogen-bond acceptors (Lipinski definition) is 2. The van der Waals surface area contributed by atoms with Crippen LogP contribution in [0, 0.1) is 5.92 Å². The zero-order valence-corrected chi connectivity index (χ0v) is 15.6. The van der Waals surface area contributed by atoms with E-state index < -0.39 is 0 Å². The van der Waals surface area contributed by atoms with Gasteiger partial charge in [0, 0.05) is 19.6 Å². The molecule has 0 atom stereocenters. The van der Waals surface area contributed by atoms with Crippen molar-refractivity contribution in [2.45, 2.75) is 37.9 Å². The molecule has 0 unspecified atom stereocenters. The molecule has 1 saturated carbocycles. The fourth-order valence-corrected chi connectivity index (χ4v) is 3.82. The third-order valence-corrected chi connectivity index (χ3v) is 5.53. The lowest BCUT2D eigenvalue weighted by molar-refractivity contribution is -0.0998. The van der Waals surface area contributed by atoms with Gasteiger partial charge in [0.15, 0.2) is 0 Å². The Morgan fingerprint density at radius 1 is 0.880 bits per heavy atom. The molecule has 2 aromatic rings. The van der Waals surface area contributed by atoms with Gasteiger partial charge in [0.1, 0.15) is 0 Å². The molecule has 3 heteroatoms. The van der Waals surface area contributed by atoms with Crippen molar-refractivity contribution >= 4 is 12.4 Å². The van der Waals surface area contributed by atoms with Gasteiger partial charge in [-0.1, -0.05) is 60.7 Å². The summed E-state index contributed by atoms with van der Waals surface area (Å²) in [4.78, 5) is 2.64. The highest BCUT2D eigenvalue weighted by molar-refractivity contribution is 5.85. The van der Waals surface area contributed by atoms with E-state index in [9.17, 15) is 0 Å². The molecule has 0 spiro atoms. The molecule has 0 aromatic heterocycles. The molecule has 134 valence electrons. The lowest BCUT2D eigenvalue weighted by atomic mass is 9.84. The first-order valence-electron chi connectivity index (χ1n) is 9.30.